The third-order valence-electron chi connectivity index (χ3n) is 5.83. The molecule has 2 aromatic carbocycles. The lowest BCUT2D eigenvalue weighted by molar-refractivity contribution is -0.115. The summed E-state index contributed by atoms with van der Waals surface area (Å²) in [6.07, 6.45) is 4.68. The van der Waals surface area contributed by atoms with Gasteiger partial charge in [0.25, 0.3) is 0 Å². The zero-order valence-electron chi connectivity index (χ0n) is 19.2. The lowest BCUT2D eigenvalue weighted by Crippen LogP contribution is -2.14. The molecular weight excluding hydrogens is 417 g/mol. The number of hydrogen-bond donors (Lipinski definition) is 2. The van der Waals surface area contributed by atoms with Gasteiger partial charge in [0.1, 0.15) is 17.7 Å². The van der Waals surface area contributed by atoms with E-state index < -0.39 is 0 Å². The second kappa shape index (κ2) is 9.40. The average Bonchev–Trinajstić information content (AvgIpc) is 3.40. The summed E-state index contributed by atoms with van der Waals surface area (Å²) in [5, 5.41) is 2.88. The van der Waals surface area contributed by atoms with Crippen molar-refractivity contribution in [1.82, 2.24) is 14.5 Å². The number of aromatic nitrogens is 3. The second-order valence-electron chi connectivity index (χ2n) is 7.93. The molecule has 5 rings (SSSR count). The van der Waals surface area contributed by atoms with Gasteiger partial charge in [0.15, 0.2) is 5.82 Å². The molecule has 0 saturated carbocycles. The molecule has 170 valence electrons. The van der Waals surface area contributed by atoms with Gasteiger partial charge in [0, 0.05) is 17.1 Å². The highest BCUT2D eigenvalue weighted by atomic mass is 19.1. The van der Waals surface area contributed by atoms with Gasteiger partial charge in [-0.1, -0.05) is 26.0 Å². The maximum Gasteiger partial charge on any atom is 0.228 e. The largest absolute Gasteiger partial charge is 0.382 e. The van der Waals surface area contributed by atoms with Crippen LogP contribution in [0.25, 0.3) is 16.7 Å². The minimum absolute atomic E-state index is 0.114. The van der Waals surface area contributed by atoms with Crippen LogP contribution < -0.4 is 11.1 Å². The molecule has 0 aliphatic heterocycles. The van der Waals surface area contributed by atoms with Gasteiger partial charge in [-0.3, -0.25) is 4.79 Å². The van der Waals surface area contributed by atoms with Crippen LogP contribution in [0.3, 0.4) is 0 Å². The lowest BCUT2D eigenvalue weighted by atomic mass is 10.1. The first kappa shape index (κ1) is 22.5. The number of nitrogens with two attached hydrogens (primary N) is 1. The maximum atomic E-state index is 13.7. The summed E-state index contributed by atoms with van der Waals surface area (Å²) in [5.41, 5.74) is 13.2. The number of aryl methyl sites for hydroxylation is 2. The van der Waals surface area contributed by atoms with Crippen molar-refractivity contribution < 1.29 is 9.18 Å². The van der Waals surface area contributed by atoms with Gasteiger partial charge in [-0.2, -0.15) is 0 Å². The van der Waals surface area contributed by atoms with E-state index >= 15 is 0 Å². The van der Waals surface area contributed by atoms with E-state index in [1.165, 1.54) is 23.7 Å². The highest BCUT2D eigenvalue weighted by molar-refractivity contribution is 5.93. The molecule has 6 nitrogen and oxygen atoms in total. The fourth-order valence-corrected chi connectivity index (χ4v) is 4.31. The molecule has 0 radical (unpaired) electrons. The number of hydrogen-bond acceptors (Lipinski definition) is 4. The smallest absolute Gasteiger partial charge is 0.228 e. The first-order valence-corrected chi connectivity index (χ1v) is 11.3. The second-order valence-corrected chi connectivity index (χ2v) is 7.93. The SMILES string of the molecule is CC.Cc1ccc(CC(=O)Nc2ccc(-n3c4c(c5ncnc(N)c53)CCC4)cc2)cc1F. The summed E-state index contributed by atoms with van der Waals surface area (Å²) >= 11 is 0. The summed E-state index contributed by atoms with van der Waals surface area (Å²) in [7, 11) is 0. The van der Waals surface area contributed by atoms with E-state index in [4.69, 9.17) is 5.73 Å². The Hall–Kier alpha value is -3.74. The van der Waals surface area contributed by atoms with Crippen LogP contribution in [-0.4, -0.2) is 20.4 Å². The predicted molar refractivity (Wildman–Crippen MR) is 130 cm³/mol. The zero-order valence-corrected chi connectivity index (χ0v) is 19.2. The molecule has 3 N–H and O–H groups in total. The van der Waals surface area contributed by atoms with Crippen LogP contribution in [0.4, 0.5) is 15.9 Å². The van der Waals surface area contributed by atoms with Crippen molar-refractivity contribution in [3.05, 3.63) is 77.0 Å². The Labute approximate surface area is 192 Å². The Bertz CT molecular complexity index is 1310. The van der Waals surface area contributed by atoms with E-state index in [2.05, 4.69) is 19.9 Å². The van der Waals surface area contributed by atoms with E-state index in [-0.39, 0.29) is 18.1 Å². The number of amides is 1. The molecule has 1 amide bonds. The van der Waals surface area contributed by atoms with Crippen molar-refractivity contribution in [2.24, 2.45) is 0 Å². The van der Waals surface area contributed by atoms with Gasteiger partial charge in [-0.05, 0) is 73.2 Å². The first-order valence-electron chi connectivity index (χ1n) is 11.3. The molecule has 0 atom stereocenters. The molecule has 0 spiro atoms. The number of nitrogens with zero attached hydrogens (tertiary/aromatic N) is 3. The minimum atomic E-state index is -0.301. The molecule has 0 fully saturated rings. The number of nitrogens with one attached hydrogen (secondary N) is 1. The van der Waals surface area contributed by atoms with Crippen LogP contribution in [0.2, 0.25) is 0 Å². The molecule has 4 aromatic rings. The van der Waals surface area contributed by atoms with E-state index in [0.717, 1.165) is 36.0 Å². The van der Waals surface area contributed by atoms with E-state index in [1.54, 1.807) is 19.1 Å². The van der Waals surface area contributed by atoms with Crippen molar-refractivity contribution in [1.29, 1.82) is 0 Å². The Balaban J connectivity index is 0.00000126. The number of carbonyl (C=O) groups is 1. The Kier molecular flexibility index (Phi) is 6.40. The number of nitrogen functional groups attached to an aromatic ring is 1. The molecule has 1 aliphatic rings. The van der Waals surface area contributed by atoms with Crippen molar-refractivity contribution in [2.45, 2.75) is 46.5 Å². The molecule has 0 bridgehead atoms. The Morgan fingerprint density at radius 2 is 1.88 bits per heavy atom. The van der Waals surface area contributed by atoms with Crippen molar-refractivity contribution in [3.8, 4) is 5.69 Å². The molecule has 0 unspecified atom stereocenters. The molecular formula is C26H28FN5O. The predicted octanol–water partition coefficient (Wildman–Crippen LogP) is 5.15. The number of anilines is 2. The molecule has 33 heavy (non-hydrogen) atoms. The van der Waals surface area contributed by atoms with Crippen LogP contribution in [0.5, 0.6) is 0 Å². The minimum Gasteiger partial charge on any atom is -0.382 e. The number of carbonyl (C=O) groups excluding carboxylic acids is 1. The van der Waals surface area contributed by atoms with E-state index in [1.807, 2.05) is 38.1 Å². The fraction of sp³-hybridized carbons (Fsp3) is 0.269. The third-order valence-corrected chi connectivity index (χ3v) is 5.83. The summed E-state index contributed by atoms with van der Waals surface area (Å²) in [6.45, 7) is 5.70. The number of fused-ring (bicyclic) bond motifs is 3. The summed E-state index contributed by atoms with van der Waals surface area (Å²) in [6, 6.07) is 12.5. The zero-order chi connectivity index (χ0) is 23.5. The lowest BCUT2D eigenvalue weighted by Gasteiger charge is -2.12. The van der Waals surface area contributed by atoms with Gasteiger partial charge in [-0.25, -0.2) is 14.4 Å². The molecule has 7 heteroatoms. The topological polar surface area (TPSA) is 85.8 Å². The Morgan fingerprint density at radius 1 is 1.12 bits per heavy atom. The fourth-order valence-electron chi connectivity index (χ4n) is 4.31. The summed E-state index contributed by atoms with van der Waals surface area (Å²) in [4.78, 5) is 21.0. The Morgan fingerprint density at radius 3 is 2.61 bits per heavy atom. The van der Waals surface area contributed by atoms with Gasteiger partial charge in [0.05, 0.1) is 11.9 Å². The maximum absolute atomic E-state index is 13.7. The van der Waals surface area contributed by atoms with Crippen LogP contribution >= 0.6 is 0 Å². The van der Waals surface area contributed by atoms with Crippen LogP contribution in [0.1, 0.15) is 42.7 Å². The van der Waals surface area contributed by atoms with Crippen LogP contribution in [0.15, 0.2) is 48.8 Å². The highest BCUT2D eigenvalue weighted by Crippen LogP contribution is 2.36. The van der Waals surface area contributed by atoms with E-state index in [9.17, 15) is 9.18 Å². The molecule has 0 saturated heterocycles. The molecule has 1 aliphatic carbocycles. The van der Waals surface area contributed by atoms with E-state index in [0.29, 0.717) is 22.6 Å². The van der Waals surface area contributed by atoms with Gasteiger partial charge in [-0.15, -0.1) is 0 Å². The van der Waals surface area contributed by atoms with Gasteiger partial charge in [0.2, 0.25) is 5.91 Å². The quantitative estimate of drug-likeness (QED) is 0.455. The van der Waals surface area contributed by atoms with Gasteiger partial charge < -0.3 is 15.6 Å². The average molecular weight is 446 g/mol. The number of benzene rings is 2. The first-order chi connectivity index (χ1) is 16.0. The van der Waals surface area contributed by atoms with Crippen molar-refractivity contribution in [3.63, 3.8) is 0 Å². The molecule has 2 heterocycles. The van der Waals surface area contributed by atoms with Crippen molar-refractivity contribution >= 4 is 28.4 Å². The monoisotopic (exact) mass is 445 g/mol. The van der Waals surface area contributed by atoms with Crippen molar-refractivity contribution in [2.75, 3.05) is 11.1 Å². The summed E-state index contributed by atoms with van der Waals surface area (Å²) < 4.78 is 15.9. The van der Waals surface area contributed by atoms with Crippen LogP contribution in [-0.2, 0) is 24.1 Å². The highest BCUT2D eigenvalue weighted by Gasteiger charge is 2.25. The standard InChI is InChI=1S/C24H22FN5O.C2H6/c1-14-5-6-15(11-19(14)25)12-21(31)29-16-7-9-17(10-8-16)30-20-4-2-3-18(20)22-23(30)24(26)28-13-27-22;1-2/h5-11,13H,2-4,12H2,1H3,(H,29,31)(H2,26,27,28);1-2H3. The number of rotatable bonds is 4. The molecule has 2 aromatic heterocycles. The van der Waals surface area contributed by atoms with Gasteiger partial charge >= 0.3 is 0 Å². The normalized spacial score (nSPS) is 12.2. The summed E-state index contributed by atoms with van der Waals surface area (Å²) in [5.74, 6) is -0.0348. The number of halogens is 1. The third kappa shape index (κ3) is 4.31. The van der Waals surface area contributed by atoms with Crippen LogP contribution in [0, 0.1) is 12.7 Å².